The normalized spacial score (nSPS) is 13.7. The van der Waals surface area contributed by atoms with E-state index >= 15 is 0 Å². The number of carbonyl (C=O) groups excluding carboxylic acids is 1. The van der Waals surface area contributed by atoms with Gasteiger partial charge in [-0.3, -0.25) is 0 Å². The van der Waals surface area contributed by atoms with Gasteiger partial charge in [-0.15, -0.1) is 0 Å². The first-order chi connectivity index (χ1) is 11.5. The maximum Gasteiger partial charge on any atom is 0.407 e. The molecule has 0 bridgehead atoms. The molecular formula is C20H30N2O3. The standard InChI is InChI=1S/C20H30N2O3/c1-19(2,3)17(23)22-13-14(15-9-7-8-10-16(15)22)11-12-21-18(24)25-20(4,5)6/h7-10,13,17,23H,11-12H2,1-6H3,(H,21,24)/t17-/m1/s1. The summed E-state index contributed by atoms with van der Waals surface area (Å²) in [6, 6.07) is 8.01. The highest BCUT2D eigenvalue weighted by Crippen LogP contribution is 2.33. The SMILES string of the molecule is CC(C)(C)OC(=O)NCCc1cn([C@H](O)C(C)(C)C)c2ccccc12. The molecule has 0 aliphatic heterocycles. The Labute approximate surface area is 150 Å². The molecule has 5 nitrogen and oxygen atoms in total. The fraction of sp³-hybridized carbons (Fsp3) is 0.550. The number of ether oxygens (including phenoxy) is 1. The van der Waals surface area contributed by atoms with Crippen molar-refractivity contribution in [2.75, 3.05) is 6.54 Å². The summed E-state index contributed by atoms with van der Waals surface area (Å²) in [7, 11) is 0. The molecule has 1 atom stereocenters. The largest absolute Gasteiger partial charge is 0.444 e. The molecule has 1 aromatic carbocycles. The van der Waals surface area contributed by atoms with Gasteiger partial charge in [-0.25, -0.2) is 4.79 Å². The number of alkyl carbamates (subject to hydrolysis) is 1. The molecule has 2 aromatic rings. The van der Waals surface area contributed by atoms with Gasteiger partial charge in [-0.05, 0) is 38.8 Å². The van der Waals surface area contributed by atoms with E-state index < -0.39 is 17.9 Å². The second kappa shape index (κ2) is 7.08. The number of aliphatic hydroxyl groups is 1. The van der Waals surface area contributed by atoms with E-state index in [4.69, 9.17) is 4.74 Å². The summed E-state index contributed by atoms with van der Waals surface area (Å²) in [6.45, 7) is 12.0. The van der Waals surface area contributed by atoms with Crippen molar-refractivity contribution in [2.24, 2.45) is 5.41 Å². The van der Waals surface area contributed by atoms with E-state index in [1.807, 2.05) is 76.6 Å². The maximum atomic E-state index is 11.8. The molecule has 0 aliphatic carbocycles. The monoisotopic (exact) mass is 346 g/mol. The van der Waals surface area contributed by atoms with Gasteiger partial charge in [0.05, 0.1) is 5.52 Å². The van der Waals surface area contributed by atoms with Crippen molar-refractivity contribution in [1.82, 2.24) is 9.88 Å². The van der Waals surface area contributed by atoms with Crippen LogP contribution >= 0.6 is 0 Å². The first kappa shape index (κ1) is 19.3. The van der Waals surface area contributed by atoms with Crippen LogP contribution in [0.1, 0.15) is 53.3 Å². The number of para-hydroxylation sites is 1. The van der Waals surface area contributed by atoms with Crippen molar-refractivity contribution in [3.63, 3.8) is 0 Å². The molecule has 2 N–H and O–H groups in total. The van der Waals surface area contributed by atoms with Gasteiger partial charge in [0.25, 0.3) is 0 Å². The Balaban J connectivity index is 2.15. The van der Waals surface area contributed by atoms with E-state index in [1.165, 1.54) is 0 Å². The van der Waals surface area contributed by atoms with Crippen molar-refractivity contribution in [1.29, 1.82) is 0 Å². The summed E-state index contributed by atoms with van der Waals surface area (Å²) < 4.78 is 7.17. The van der Waals surface area contributed by atoms with Crippen LogP contribution in [0.25, 0.3) is 10.9 Å². The number of aromatic nitrogens is 1. The number of nitrogens with zero attached hydrogens (tertiary/aromatic N) is 1. The third-order valence-electron chi connectivity index (χ3n) is 3.92. The van der Waals surface area contributed by atoms with Crippen molar-refractivity contribution in [2.45, 2.75) is 59.8 Å². The van der Waals surface area contributed by atoms with Crippen LogP contribution in [0.5, 0.6) is 0 Å². The average Bonchev–Trinajstić information content (AvgIpc) is 2.83. The third-order valence-corrected chi connectivity index (χ3v) is 3.92. The van der Waals surface area contributed by atoms with E-state index in [-0.39, 0.29) is 5.41 Å². The average molecular weight is 346 g/mol. The lowest BCUT2D eigenvalue weighted by molar-refractivity contribution is 0.00353. The predicted molar refractivity (Wildman–Crippen MR) is 101 cm³/mol. The molecular weight excluding hydrogens is 316 g/mol. The molecule has 1 aromatic heterocycles. The summed E-state index contributed by atoms with van der Waals surface area (Å²) in [6.07, 6.45) is 1.62. The lowest BCUT2D eigenvalue weighted by Crippen LogP contribution is -2.33. The lowest BCUT2D eigenvalue weighted by Gasteiger charge is -2.27. The van der Waals surface area contributed by atoms with Crippen LogP contribution in [0, 0.1) is 5.41 Å². The molecule has 0 saturated heterocycles. The van der Waals surface area contributed by atoms with Gasteiger partial charge < -0.3 is 19.7 Å². The first-order valence-corrected chi connectivity index (χ1v) is 8.72. The minimum atomic E-state index is -0.620. The van der Waals surface area contributed by atoms with Crippen LogP contribution in [-0.2, 0) is 11.2 Å². The van der Waals surface area contributed by atoms with Gasteiger partial charge in [0.2, 0.25) is 0 Å². The van der Waals surface area contributed by atoms with Gasteiger partial charge in [0.15, 0.2) is 0 Å². The molecule has 0 aliphatic rings. The van der Waals surface area contributed by atoms with E-state index in [1.54, 1.807) is 0 Å². The van der Waals surface area contributed by atoms with Crippen molar-refractivity contribution in [3.8, 4) is 0 Å². The second-order valence-electron chi connectivity index (χ2n) is 8.50. The highest BCUT2D eigenvalue weighted by atomic mass is 16.6. The molecule has 2 rings (SSSR count). The van der Waals surface area contributed by atoms with E-state index in [0.29, 0.717) is 13.0 Å². The molecule has 0 unspecified atom stereocenters. The number of benzene rings is 1. The molecule has 138 valence electrons. The molecule has 0 radical (unpaired) electrons. The van der Waals surface area contributed by atoms with Gasteiger partial charge in [0, 0.05) is 23.5 Å². The minimum absolute atomic E-state index is 0.270. The molecule has 1 heterocycles. The molecule has 0 saturated carbocycles. The lowest BCUT2D eigenvalue weighted by atomic mass is 9.94. The van der Waals surface area contributed by atoms with Crippen molar-refractivity contribution >= 4 is 17.0 Å². The topological polar surface area (TPSA) is 63.5 Å². The van der Waals surface area contributed by atoms with E-state index in [9.17, 15) is 9.90 Å². The maximum absolute atomic E-state index is 11.8. The Morgan fingerprint density at radius 1 is 1.20 bits per heavy atom. The highest BCUT2D eigenvalue weighted by molar-refractivity contribution is 5.84. The molecule has 5 heteroatoms. The summed E-state index contributed by atoms with van der Waals surface area (Å²) >= 11 is 0. The highest BCUT2D eigenvalue weighted by Gasteiger charge is 2.25. The smallest absolute Gasteiger partial charge is 0.407 e. The summed E-state index contributed by atoms with van der Waals surface area (Å²) in [4.78, 5) is 11.8. The molecule has 0 spiro atoms. The van der Waals surface area contributed by atoms with Gasteiger partial charge in [-0.1, -0.05) is 39.0 Å². The number of amides is 1. The second-order valence-corrected chi connectivity index (χ2v) is 8.50. The zero-order valence-electron chi connectivity index (χ0n) is 16.1. The Kier molecular flexibility index (Phi) is 5.47. The van der Waals surface area contributed by atoms with Gasteiger partial charge in [0.1, 0.15) is 11.8 Å². The van der Waals surface area contributed by atoms with Gasteiger partial charge >= 0.3 is 6.09 Å². The van der Waals surface area contributed by atoms with Crippen molar-refractivity contribution < 1.29 is 14.6 Å². The third kappa shape index (κ3) is 4.98. The zero-order valence-corrected chi connectivity index (χ0v) is 16.1. The van der Waals surface area contributed by atoms with Crippen LogP contribution < -0.4 is 5.32 Å². The predicted octanol–water partition coefficient (Wildman–Crippen LogP) is 4.25. The van der Waals surface area contributed by atoms with Crippen LogP contribution in [0.15, 0.2) is 30.5 Å². The van der Waals surface area contributed by atoms with E-state index in [2.05, 4.69) is 5.32 Å². The zero-order chi connectivity index (χ0) is 18.8. The number of rotatable bonds is 4. The Morgan fingerprint density at radius 3 is 2.44 bits per heavy atom. The fourth-order valence-electron chi connectivity index (χ4n) is 2.71. The molecule has 0 fully saturated rings. The number of nitrogens with one attached hydrogen (secondary N) is 1. The Bertz CT molecular complexity index is 735. The molecule has 1 amide bonds. The molecule has 25 heavy (non-hydrogen) atoms. The minimum Gasteiger partial charge on any atom is -0.444 e. The Hall–Kier alpha value is -2.01. The number of fused-ring (bicyclic) bond motifs is 1. The number of hydrogen-bond donors (Lipinski definition) is 2. The van der Waals surface area contributed by atoms with Gasteiger partial charge in [-0.2, -0.15) is 0 Å². The summed E-state index contributed by atoms with van der Waals surface area (Å²) in [5.41, 5.74) is 1.32. The van der Waals surface area contributed by atoms with Crippen LogP contribution in [0.2, 0.25) is 0 Å². The van der Waals surface area contributed by atoms with Crippen LogP contribution in [0.4, 0.5) is 4.79 Å². The quantitative estimate of drug-likeness (QED) is 0.870. The summed E-state index contributed by atoms with van der Waals surface area (Å²) in [5, 5.41) is 14.6. The fourth-order valence-corrected chi connectivity index (χ4v) is 2.71. The summed E-state index contributed by atoms with van der Waals surface area (Å²) in [5.74, 6) is 0. The van der Waals surface area contributed by atoms with E-state index in [0.717, 1.165) is 16.5 Å². The number of carbonyl (C=O) groups is 1. The number of aliphatic hydroxyl groups excluding tert-OH is 1. The Morgan fingerprint density at radius 2 is 1.84 bits per heavy atom. The van der Waals surface area contributed by atoms with Crippen molar-refractivity contribution in [3.05, 3.63) is 36.0 Å². The first-order valence-electron chi connectivity index (χ1n) is 8.72. The number of hydrogen-bond acceptors (Lipinski definition) is 3. The van der Waals surface area contributed by atoms with Crippen LogP contribution in [0.3, 0.4) is 0 Å². The van der Waals surface area contributed by atoms with Crippen LogP contribution in [-0.4, -0.2) is 27.9 Å².